The molecule has 0 atom stereocenters. The molecule has 2 aromatic carbocycles. The maximum atomic E-state index is 9.31. The molecule has 0 saturated heterocycles. The molecule has 2 heteroatoms. The van der Waals surface area contributed by atoms with Crippen LogP contribution < -0.4 is 0 Å². The molecule has 0 saturated carbocycles. The molecule has 2 rings (SSSR count). The molecule has 0 aliphatic carbocycles. The summed E-state index contributed by atoms with van der Waals surface area (Å²) in [6.45, 7) is 1.98. The van der Waals surface area contributed by atoms with Crippen LogP contribution in [0.1, 0.15) is 18.9 Å². The van der Waals surface area contributed by atoms with Gasteiger partial charge in [-0.2, -0.15) is 5.26 Å². The van der Waals surface area contributed by atoms with Gasteiger partial charge in [-0.25, -0.2) is 0 Å². The molecule has 0 N–H and O–H groups in total. The molecule has 0 spiro atoms. The van der Waals surface area contributed by atoms with Crippen LogP contribution in [0.4, 0.5) is 0 Å². The van der Waals surface area contributed by atoms with Crippen molar-refractivity contribution >= 4 is 5.57 Å². The molecule has 0 unspecified atom stereocenters. The van der Waals surface area contributed by atoms with E-state index < -0.39 is 0 Å². The van der Waals surface area contributed by atoms with Crippen LogP contribution in [0.5, 0.6) is 0 Å². The van der Waals surface area contributed by atoms with Crippen LogP contribution in [0.2, 0.25) is 0 Å². The third-order valence-electron chi connectivity index (χ3n) is 3.24. The highest BCUT2D eigenvalue weighted by Crippen LogP contribution is 2.24. The molecule has 0 fully saturated rings. The highest BCUT2D eigenvalue weighted by atomic mass is 16.5. The molecule has 0 radical (unpaired) electrons. The van der Waals surface area contributed by atoms with Crippen LogP contribution >= 0.6 is 0 Å². The summed E-state index contributed by atoms with van der Waals surface area (Å²) in [6.07, 6.45) is 0.708. The van der Waals surface area contributed by atoms with Gasteiger partial charge in [-0.3, -0.25) is 0 Å². The number of allylic oxidation sites excluding steroid dienone is 2. The topological polar surface area (TPSA) is 33.0 Å². The van der Waals surface area contributed by atoms with Crippen molar-refractivity contribution in [1.82, 2.24) is 0 Å². The zero-order valence-corrected chi connectivity index (χ0v) is 11.8. The van der Waals surface area contributed by atoms with Crippen molar-refractivity contribution in [3.05, 3.63) is 65.9 Å². The van der Waals surface area contributed by atoms with Crippen molar-refractivity contribution < 1.29 is 4.74 Å². The van der Waals surface area contributed by atoms with E-state index in [1.165, 1.54) is 5.56 Å². The van der Waals surface area contributed by atoms with E-state index in [-0.39, 0.29) is 0 Å². The first kappa shape index (κ1) is 13.9. The smallest absolute Gasteiger partial charge is 0.114 e. The van der Waals surface area contributed by atoms with E-state index in [1.807, 2.05) is 49.4 Å². The Hall–Kier alpha value is -2.53. The maximum absolute atomic E-state index is 9.31. The van der Waals surface area contributed by atoms with Gasteiger partial charge in [-0.05, 0) is 16.7 Å². The predicted octanol–water partition coefficient (Wildman–Crippen LogP) is 4.64. The Balaban J connectivity index is 2.38. The zero-order chi connectivity index (χ0) is 14.4. The molecular formula is C18H17NO. The summed E-state index contributed by atoms with van der Waals surface area (Å²) < 4.78 is 5.28. The normalized spacial score (nSPS) is 11.4. The van der Waals surface area contributed by atoms with Gasteiger partial charge in [0.1, 0.15) is 11.8 Å². The summed E-state index contributed by atoms with van der Waals surface area (Å²) in [5, 5.41) is 9.31. The minimum absolute atomic E-state index is 0.606. The average Bonchev–Trinajstić information content (AvgIpc) is 2.53. The van der Waals surface area contributed by atoms with Gasteiger partial charge in [0, 0.05) is 6.42 Å². The number of hydrogen-bond acceptors (Lipinski definition) is 2. The Bertz CT molecular complexity index is 627. The van der Waals surface area contributed by atoms with Crippen molar-refractivity contribution in [3.8, 4) is 17.2 Å². The van der Waals surface area contributed by atoms with Gasteiger partial charge in [-0.15, -0.1) is 0 Å². The largest absolute Gasteiger partial charge is 0.500 e. The van der Waals surface area contributed by atoms with Crippen molar-refractivity contribution in [1.29, 1.82) is 5.26 Å². The van der Waals surface area contributed by atoms with Crippen LogP contribution in [-0.2, 0) is 4.74 Å². The molecule has 100 valence electrons. The van der Waals surface area contributed by atoms with Gasteiger partial charge in [0.2, 0.25) is 0 Å². The molecule has 0 aliphatic rings. The Kier molecular flexibility index (Phi) is 4.57. The predicted molar refractivity (Wildman–Crippen MR) is 81.7 cm³/mol. The van der Waals surface area contributed by atoms with E-state index in [4.69, 9.17) is 4.74 Å². The lowest BCUT2D eigenvalue weighted by molar-refractivity contribution is 0.283. The zero-order valence-electron chi connectivity index (χ0n) is 11.8. The molecule has 0 aromatic heterocycles. The van der Waals surface area contributed by atoms with Gasteiger partial charge >= 0.3 is 0 Å². The standard InChI is InChI=1S/C18H17NO/c1-3-18(20-2)17(13-19)16-11-9-15(10-12-16)14-7-5-4-6-8-14/h4-12H,3H2,1-2H3/b18-17-. The Labute approximate surface area is 119 Å². The molecule has 20 heavy (non-hydrogen) atoms. The monoisotopic (exact) mass is 263 g/mol. The second-order valence-electron chi connectivity index (χ2n) is 4.41. The number of hydrogen-bond donors (Lipinski definition) is 0. The SMILES string of the molecule is CC/C(OC)=C(\C#N)c1ccc(-c2ccccc2)cc1. The lowest BCUT2D eigenvalue weighted by Gasteiger charge is -2.08. The molecule has 0 amide bonds. The minimum Gasteiger partial charge on any atom is -0.500 e. The summed E-state index contributed by atoms with van der Waals surface area (Å²) in [5.74, 6) is 0.722. The Morgan fingerprint density at radius 3 is 2.10 bits per heavy atom. The van der Waals surface area contributed by atoms with Crippen LogP contribution in [-0.4, -0.2) is 7.11 Å². The fraction of sp³-hybridized carbons (Fsp3) is 0.167. The lowest BCUT2D eigenvalue weighted by atomic mass is 10.00. The number of nitriles is 1. The van der Waals surface area contributed by atoms with Crippen LogP contribution in [0.3, 0.4) is 0 Å². The van der Waals surface area contributed by atoms with E-state index in [2.05, 4.69) is 18.2 Å². The molecule has 2 aromatic rings. The summed E-state index contributed by atoms with van der Waals surface area (Å²) in [5.41, 5.74) is 3.81. The van der Waals surface area contributed by atoms with E-state index in [0.29, 0.717) is 12.0 Å². The van der Waals surface area contributed by atoms with Crippen molar-refractivity contribution in [2.24, 2.45) is 0 Å². The number of methoxy groups -OCH3 is 1. The first-order valence-corrected chi connectivity index (χ1v) is 6.63. The van der Waals surface area contributed by atoms with Gasteiger partial charge in [0.15, 0.2) is 0 Å². The number of nitrogens with zero attached hydrogens (tertiary/aromatic N) is 1. The van der Waals surface area contributed by atoms with Gasteiger partial charge in [0.05, 0.1) is 12.7 Å². The van der Waals surface area contributed by atoms with Gasteiger partial charge in [-0.1, -0.05) is 61.5 Å². The van der Waals surface area contributed by atoms with Gasteiger partial charge < -0.3 is 4.74 Å². The van der Waals surface area contributed by atoms with Crippen molar-refractivity contribution in [3.63, 3.8) is 0 Å². The van der Waals surface area contributed by atoms with E-state index in [9.17, 15) is 5.26 Å². The summed E-state index contributed by atoms with van der Waals surface area (Å²) in [7, 11) is 1.61. The fourth-order valence-electron chi connectivity index (χ4n) is 2.17. The fourth-order valence-corrected chi connectivity index (χ4v) is 2.17. The summed E-state index contributed by atoms with van der Waals surface area (Å²) >= 11 is 0. The number of rotatable bonds is 4. The molecule has 2 nitrogen and oxygen atoms in total. The highest BCUT2D eigenvalue weighted by molar-refractivity contribution is 5.79. The van der Waals surface area contributed by atoms with Crippen molar-refractivity contribution in [2.75, 3.05) is 7.11 Å². The Morgan fingerprint density at radius 2 is 1.60 bits per heavy atom. The number of ether oxygens (including phenoxy) is 1. The second kappa shape index (κ2) is 6.58. The molecule has 0 heterocycles. The molecule has 0 aliphatic heterocycles. The van der Waals surface area contributed by atoms with Crippen LogP contribution in [0, 0.1) is 11.3 Å². The summed E-state index contributed by atoms with van der Waals surface area (Å²) in [4.78, 5) is 0. The third kappa shape index (κ3) is 2.89. The highest BCUT2D eigenvalue weighted by Gasteiger charge is 2.08. The maximum Gasteiger partial charge on any atom is 0.114 e. The van der Waals surface area contributed by atoms with E-state index >= 15 is 0 Å². The second-order valence-corrected chi connectivity index (χ2v) is 4.41. The van der Waals surface area contributed by atoms with Crippen molar-refractivity contribution in [2.45, 2.75) is 13.3 Å². The first-order chi connectivity index (χ1) is 9.80. The first-order valence-electron chi connectivity index (χ1n) is 6.63. The van der Waals surface area contributed by atoms with E-state index in [1.54, 1.807) is 7.11 Å². The lowest BCUT2D eigenvalue weighted by Crippen LogP contribution is -1.92. The third-order valence-corrected chi connectivity index (χ3v) is 3.24. The van der Waals surface area contributed by atoms with Gasteiger partial charge in [0.25, 0.3) is 0 Å². The molecule has 0 bridgehead atoms. The number of benzene rings is 2. The van der Waals surface area contributed by atoms with Crippen LogP contribution in [0.15, 0.2) is 60.4 Å². The van der Waals surface area contributed by atoms with E-state index in [0.717, 1.165) is 16.9 Å². The van der Waals surface area contributed by atoms with Crippen LogP contribution in [0.25, 0.3) is 16.7 Å². The minimum atomic E-state index is 0.606. The Morgan fingerprint density at radius 1 is 1.00 bits per heavy atom. The summed E-state index contributed by atoms with van der Waals surface area (Å²) in [6, 6.07) is 20.4. The average molecular weight is 263 g/mol. The quantitative estimate of drug-likeness (QED) is 0.594. The molecular weight excluding hydrogens is 246 g/mol.